The van der Waals surface area contributed by atoms with Crippen LogP contribution in [-0.4, -0.2) is 27.1 Å². The van der Waals surface area contributed by atoms with Crippen LogP contribution >= 0.6 is 0 Å². The fraction of sp³-hybridized carbons (Fsp3) is 0.500. The molecule has 2 rings (SSSR count). The first-order valence-corrected chi connectivity index (χ1v) is 5.76. The highest BCUT2D eigenvalue weighted by molar-refractivity contribution is 5.05. The number of aliphatic hydroxyl groups is 1. The minimum Gasteiger partial charge on any atom is -0.390 e. The van der Waals surface area contributed by atoms with E-state index in [0.717, 1.165) is 10.6 Å². The molecule has 0 radical (unpaired) electrons. The molecule has 1 aliphatic rings. The van der Waals surface area contributed by atoms with E-state index >= 15 is 0 Å². The van der Waals surface area contributed by atoms with Crippen LogP contribution in [0.25, 0.3) is 0 Å². The van der Waals surface area contributed by atoms with Gasteiger partial charge in [-0.1, -0.05) is 13.0 Å². The summed E-state index contributed by atoms with van der Waals surface area (Å²) in [7, 11) is 0. The summed E-state index contributed by atoms with van der Waals surface area (Å²) in [5, 5.41) is 9.05. The van der Waals surface area contributed by atoms with E-state index in [1.807, 2.05) is 0 Å². The Morgan fingerprint density at radius 3 is 2.95 bits per heavy atom. The van der Waals surface area contributed by atoms with Crippen molar-refractivity contribution in [1.29, 1.82) is 0 Å². The minimum atomic E-state index is -2.23. The van der Waals surface area contributed by atoms with E-state index in [4.69, 9.17) is 9.84 Å². The van der Waals surface area contributed by atoms with Gasteiger partial charge in [0.1, 0.15) is 6.61 Å². The van der Waals surface area contributed by atoms with Gasteiger partial charge in [-0.15, -0.1) is 6.58 Å². The number of nitrogens with one attached hydrogen (secondary N) is 1. The van der Waals surface area contributed by atoms with Crippen LogP contribution in [0, 0.1) is 5.41 Å². The summed E-state index contributed by atoms with van der Waals surface area (Å²) in [5.74, 6) is -2.23. The second-order valence-corrected chi connectivity index (χ2v) is 4.92. The highest BCUT2D eigenvalue weighted by atomic mass is 19.2. The predicted molar refractivity (Wildman–Crippen MR) is 65.3 cm³/mol. The number of alkyl halides is 1. The van der Waals surface area contributed by atoms with Gasteiger partial charge in [0.25, 0.3) is 5.56 Å². The maximum absolute atomic E-state index is 14.2. The van der Waals surface area contributed by atoms with Crippen LogP contribution in [0.4, 0.5) is 4.39 Å². The predicted octanol–water partition coefficient (Wildman–Crippen LogP) is 0.306. The number of aliphatic hydroxyl groups excluding tert-OH is 1. The van der Waals surface area contributed by atoms with E-state index in [0.29, 0.717) is 0 Å². The van der Waals surface area contributed by atoms with Crippen molar-refractivity contribution < 1.29 is 14.2 Å². The largest absolute Gasteiger partial charge is 0.390 e. The molecule has 0 bridgehead atoms. The third-order valence-electron chi connectivity index (χ3n) is 3.34. The third kappa shape index (κ3) is 2.26. The molecule has 0 spiro atoms. The Bertz CT molecular complexity index is 610. The van der Waals surface area contributed by atoms with E-state index in [2.05, 4.69) is 11.6 Å². The maximum atomic E-state index is 14.2. The molecule has 0 amide bonds. The van der Waals surface area contributed by atoms with Crippen molar-refractivity contribution in [3.05, 3.63) is 45.8 Å². The van der Waals surface area contributed by atoms with Crippen molar-refractivity contribution in [3.63, 3.8) is 0 Å². The molecule has 7 heteroatoms. The van der Waals surface area contributed by atoms with Crippen LogP contribution in [0.5, 0.6) is 0 Å². The lowest BCUT2D eigenvalue weighted by Crippen LogP contribution is -2.36. The molecule has 2 N–H and O–H groups in total. The zero-order chi connectivity index (χ0) is 14.3. The first-order valence-electron chi connectivity index (χ1n) is 5.76. The standard InChI is InChI=1S/C12H15FN2O4/c1-3-11(2)6-12(13,7-16)19-9(11)15-5-4-8(17)14-10(15)18/h3-5,9,16H,1,6-7H2,2H3,(H,14,17,18)/t9-,11-,12+/m1/s1. The topological polar surface area (TPSA) is 84.3 Å². The first kappa shape index (κ1) is 13.7. The smallest absolute Gasteiger partial charge is 0.330 e. The van der Waals surface area contributed by atoms with E-state index in [9.17, 15) is 14.0 Å². The second-order valence-electron chi connectivity index (χ2n) is 4.92. The number of halogens is 1. The summed E-state index contributed by atoms with van der Waals surface area (Å²) in [5.41, 5.74) is -2.12. The number of nitrogens with zero attached hydrogens (tertiary/aromatic N) is 1. The van der Waals surface area contributed by atoms with Crippen molar-refractivity contribution in [1.82, 2.24) is 9.55 Å². The number of aromatic amines is 1. The lowest BCUT2D eigenvalue weighted by molar-refractivity contribution is -0.180. The van der Waals surface area contributed by atoms with Crippen molar-refractivity contribution in [3.8, 4) is 0 Å². The number of hydrogen-bond acceptors (Lipinski definition) is 4. The van der Waals surface area contributed by atoms with Crippen molar-refractivity contribution >= 4 is 0 Å². The van der Waals surface area contributed by atoms with E-state index < -0.39 is 35.4 Å². The number of H-pyrrole nitrogens is 1. The zero-order valence-corrected chi connectivity index (χ0v) is 10.4. The molecular weight excluding hydrogens is 255 g/mol. The molecule has 104 valence electrons. The lowest BCUT2D eigenvalue weighted by Gasteiger charge is -2.26. The molecule has 0 aromatic carbocycles. The molecular formula is C12H15FN2O4. The number of ether oxygens (including phenoxy) is 1. The molecule has 1 aliphatic heterocycles. The number of aromatic nitrogens is 2. The summed E-state index contributed by atoms with van der Waals surface area (Å²) in [6, 6.07) is 1.14. The first-order chi connectivity index (χ1) is 8.83. The number of hydrogen-bond donors (Lipinski definition) is 2. The van der Waals surface area contributed by atoms with Crippen LogP contribution in [0.2, 0.25) is 0 Å². The average Bonchev–Trinajstić information content (AvgIpc) is 2.63. The fourth-order valence-corrected chi connectivity index (χ4v) is 2.29. The molecule has 3 atom stereocenters. The quantitative estimate of drug-likeness (QED) is 0.774. The average molecular weight is 270 g/mol. The van der Waals surface area contributed by atoms with Crippen LogP contribution in [-0.2, 0) is 4.74 Å². The molecule has 1 aromatic heterocycles. The molecule has 6 nitrogen and oxygen atoms in total. The molecule has 0 aliphatic carbocycles. The normalized spacial score (nSPS) is 34.4. The summed E-state index contributed by atoms with van der Waals surface area (Å²) >= 11 is 0. The third-order valence-corrected chi connectivity index (χ3v) is 3.34. The van der Waals surface area contributed by atoms with Crippen LogP contribution in [0.3, 0.4) is 0 Å². The molecule has 1 saturated heterocycles. The molecule has 2 heterocycles. The second kappa shape index (κ2) is 4.43. The Morgan fingerprint density at radius 1 is 1.74 bits per heavy atom. The molecule has 0 saturated carbocycles. The van der Waals surface area contributed by atoms with Gasteiger partial charge < -0.3 is 9.84 Å². The summed E-state index contributed by atoms with van der Waals surface area (Å²) in [6.07, 6.45) is 1.60. The van der Waals surface area contributed by atoms with Gasteiger partial charge in [0.05, 0.1) is 0 Å². The summed E-state index contributed by atoms with van der Waals surface area (Å²) in [4.78, 5) is 24.8. The van der Waals surface area contributed by atoms with Crippen molar-refractivity contribution in [2.45, 2.75) is 25.4 Å². The van der Waals surface area contributed by atoms with Crippen molar-refractivity contribution in [2.24, 2.45) is 5.41 Å². The minimum absolute atomic E-state index is 0.129. The zero-order valence-electron chi connectivity index (χ0n) is 10.4. The van der Waals surface area contributed by atoms with Crippen LogP contribution < -0.4 is 11.2 Å². The Morgan fingerprint density at radius 2 is 2.42 bits per heavy atom. The van der Waals surface area contributed by atoms with Gasteiger partial charge in [0.15, 0.2) is 6.23 Å². The lowest BCUT2D eigenvalue weighted by atomic mass is 9.84. The Hall–Kier alpha value is -1.73. The Labute approximate surface area is 108 Å². The van der Waals surface area contributed by atoms with Crippen molar-refractivity contribution in [2.75, 3.05) is 6.61 Å². The van der Waals surface area contributed by atoms with Crippen LogP contribution in [0.15, 0.2) is 34.5 Å². The Balaban J connectivity index is 2.51. The van der Waals surface area contributed by atoms with Gasteiger partial charge in [-0.3, -0.25) is 14.3 Å². The highest BCUT2D eigenvalue weighted by Crippen LogP contribution is 2.50. The monoisotopic (exact) mass is 270 g/mol. The summed E-state index contributed by atoms with van der Waals surface area (Å²) < 4.78 is 20.4. The molecule has 0 unspecified atom stereocenters. The maximum Gasteiger partial charge on any atom is 0.330 e. The molecule has 1 aromatic rings. The SMILES string of the molecule is C=C[C@]1(C)C[C@@](F)(CO)O[C@H]1n1ccc(=O)[nH]c1=O. The van der Waals surface area contributed by atoms with Gasteiger partial charge in [-0.05, 0) is 0 Å². The highest BCUT2D eigenvalue weighted by Gasteiger charge is 2.53. The van der Waals surface area contributed by atoms with E-state index in [-0.39, 0.29) is 6.42 Å². The van der Waals surface area contributed by atoms with Gasteiger partial charge >= 0.3 is 5.69 Å². The number of rotatable bonds is 3. The van der Waals surface area contributed by atoms with Crippen LogP contribution in [0.1, 0.15) is 19.6 Å². The van der Waals surface area contributed by atoms with Gasteiger partial charge in [0, 0.05) is 24.1 Å². The van der Waals surface area contributed by atoms with Gasteiger partial charge in [0.2, 0.25) is 5.85 Å². The summed E-state index contributed by atoms with van der Waals surface area (Å²) in [6.45, 7) is 4.47. The molecule has 1 fully saturated rings. The molecule has 19 heavy (non-hydrogen) atoms. The van der Waals surface area contributed by atoms with E-state index in [1.54, 1.807) is 6.92 Å². The Kier molecular flexibility index (Phi) is 3.19. The fourth-order valence-electron chi connectivity index (χ4n) is 2.29. The van der Waals surface area contributed by atoms with Gasteiger partial charge in [-0.2, -0.15) is 0 Å². The van der Waals surface area contributed by atoms with Gasteiger partial charge in [-0.25, -0.2) is 9.18 Å². The van der Waals surface area contributed by atoms with E-state index in [1.165, 1.54) is 12.3 Å².